The molecule has 3 aromatic rings. The summed E-state index contributed by atoms with van der Waals surface area (Å²) in [5.41, 5.74) is 4.50. The van der Waals surface area contributed by atoms with Gasteiger partial charge in [0.2, 0.25) is 0 Å². The lowest BCUT2D eigenvalue weighted by Gasteiger charge is -2.09. The minimum Gasteiger partial charge on any atom is -0.490 e. The van der Waals surface area contributed by atoms with Gasteiger partial charge in [0.05, 0.1) is 24.6 Å². The Morgan fingerprint density at radius 2 is 1.96 bits per heavy atom. The number of fused-ring (bicyclic) bond motifs is 1. The first-order chi connectivity index (χ1) is 13.0. The lowest BCUT2D eigenvalue weighted by molar-refractivity contribution is 0.102. The van der Waals surface area contributed by atoms with Crippen LogP contribution in [0.1, 0.15) is 28.3 Å². The number of rotatable bonds is 3. The van der Waals surface area contributed by atoms with E-state index in [9.17, 15) is 4.79 Å². The number of hydrogen-bond donors (Lipinski definition) is 2. The van der Waals surface area contributed by atoms with Gasteiger partial charge in [-0.3, -0.25) is 14.6 Å². The van der Waals surface area contributed by atoms with Crippen LogP contribution in [0.3, 0.4) is 0 Å². The van der Waals surface area contributed by atoms with Crippen LogP contribution in [0.25, 0.3) is 11.3 Å². The highest BCUT2D eigenvalue weighted by molar-refractivity contribution is 6.03. The molecule has 0 radical (unpaired) electrons. The van der Waals surface area contributed by atoms with Crippen LogP contribution in [0.15, 0.2) is 24.3 Å². The third-order valence-corrected chi connectivity index (χ3v) is 4.59. The van der Waals surface area contributed by atoms with Crippen molar-refractivity contribution >= 4 is 11.6 Å². The largest absolute Gasteiger partial charge is 0.490 e. The number of amides is 1. The maximum atomic E-state index is 12.6. The third kappa shape index (κ3) is 3.25. The predicted octanol–water partition coefficient (Wildman–Crippen LogP) is 2.84. The number of benzene rings is 1. The van der Waals surface area contributed by atoms with Gasteiger partial charge in [-0.05, 0) is 32.0 Å². The maximum Gasteiger partial charge on any atom is 0.273 e. The number of aryl methyl sites for hydroxylation is 2. The summed E-state index contributed by atoms with van der Waals surface area (Å²) in [7, 11) is 1.89. The van der Waals surface area contributed by atoms with Crippen molar-refractivity contribution in [1.82, 2.24) is 20.0 Å². The lowest BCUT2D eigenvalue weighted by atomic mass is 10.1. The van der Waals surface area contributed by atoms with Crippen molar-refractivity contribution in [1.29, 1.82) is 0 Å². The van der Waals surface area contributed by atoms with Crippen LogP contribution in [-0.4, -0.2) is 39.1 Å². The number of ether oxygens (including phenoxy) is 2. The number of carbonyl (C=O) groups excluding carboxylic acids is 1. The molecular formula is C19H21N5O3. The first-order valence-corrected chi connectivity index (χ1v) is 8.80. The molecule has 4 rings (SSSR count). The number of carbonyl (C=O) groups is 1. The fourth-order valence-corrected chi connectivity index (χ4v) is 3.15. The Bertz CT molecular complexity index is 1000. The van der Waals surface area contributed by atoms with Gasteiger partial charge in [0.15, 0.2) is 11.5 Å². The van der Waals surface area contributed by atoms with Crippen LogP contribution in [0.5, 0.6) is 11.5 Å². The molecule has 27 heavy (non-hydrogen) atoms. The molecule has 0 saturated heterocycles. The molecule has 0 spiro atoms. The van der Waals surface area contributed by atoms with Crippen molar-refractivity contribution in [2.24, 2.45) is 7.05 Å². The molecule has 8 heteroatoms. The van der Waals surface area contributed by atoms with Crippen LogP contribution in [0, 0.1) is 13.8 Å². The molecule has 0 bridgehead atoms. The number of H-pyrrole nitrogens is 1. The molecule has 8 nitrogen and oxygen atoms in total. The Morgan fingerprint density at radius 3 is 2.70 bits per heavy atom. The zero-order valence-corrected chi connectivity index (χ0v) is 15.5. The lowest BCUT2D eigenvalue weighted by Crippen LogP contribution is -2.12. The molecule has 1 amide bonds. The summed E-state index contributed by atoms with van der Waals surface area (Å²) in [6.07, 6.45) is 0.834. The second-order valence-corrected chi connectivity index (χ2v) is 6.50. The van der Waals surface area contributed by atoms with Gasteiger partial charge >= 0.3 is 0 Å². The molecule has 3 heterocycles. The summed E-state index contributed by atoms with van der Waals surface area (Å²) in [6.45, 7) is 5.12. The normalized spacial score (nSPS) is 13.3. The van der Waals surface area contributed by atoms with E-state index in [-0.39, 0.29) is 5.91 Å². The van der Waals surface area contributed by atoms with Gasteiger partial charge in [0.1, 0.15) is 5.69 Å². The molecule has 0 unspecified atom stereocenters. The van der Waals surface area contributed by atoms with Crippen LogP contribution >= 0.6 is 0 Å². The summed E-state index contributed by atoms with van der Waals surface area (Å²) in [5, 5.41) is 14.3. The molecular weight excluding hydrogens is 346 g/mol. The summed E-state index contributed by atoms with van der Waals surface area (Å²) < 4.78 is 13.1. The van der Waals surface area contributed by atoms with Crippen LogP contribution in [0.4, 0.5) is 5.69 Å². The summed E-state index contributed by atoms with van der Waals surface area (Å²) >= 11 is 0. The molecule has 0 fully saturated rings. The van der Waals surface area contributed by atoms with E-state index < -0.39 is 0 Å². The maximum absolute atomic E-state index is 12.6. The fraction of sp³-hybridized carbons (Fsp3) is 0.316. The smallest absolute Gasteiger partial charge is 0.273 e. The number of anilines is 1. The van der Waals surface area contributed by atoms with Crippen LogP contribution in [-0.2, 0) is 7.05 Å². The number of hydrogen-bond acceptors (Lipinski definition) is 5. The molecule has 2 N–H and O–H groups in total. The van der Waals surface area contributed by atoms with Crippen molar-refractivity contribution in [2.45, 2.75) is 20.3 Å². The van der Waals surface area contributed by atoms with E-state index in [2.05, 4.69) is 20.6 Å². The highest BCUT2D eigenvalue weighted by Gasteiger charge is 2.18. The van der Waals surface area contributed by atoms with Gasteiger partial charge in [-0.25, -0.2) is 0 Å². The first-order valence-electron chi connectivity index (χ1n) is 8.80. The van der Waals surface area contributed by atoms with Crippen molar-refractivity contribution in [3.05, 3.63) is 41.3 Å². The molecule has 0 aliphatic carbocycles. The highest BCUT2D eigenvalue weighted by Crippen LogP contribution is 2.32. The van der Waals surface area contributed by atoms with Crippen molar-refractivity contribution in [3.63, 3.8) is 0 Å². The minimum atomic E-state index is -0.276. The molecule has 1 aliphatic rings. The quantitative estimate of drug-likeness (QED) is 0.742. The van der Waals surface area contributed by atoms with E-state index in [0.29, 0.717) is 41.8 Å². The fourth-order valence-electron chi connectivity index (χ4n) is 3.15. The minimum absolute atomic E-state index is 0.276. The van der Waals surface area contributed by atoms with Crippen molar-refractivity contribution < 1.29 is 14.3 Å². The van der Waals surface area contributed by atoms with E-state index in [1.54, 1.807) is 28.9 Å². The zero-order chi connectivity index (χ0) is 19.0. The van der Waals surface area contributed by atoms with Gasteiger partial charge in [0, 0.05) is 36.5 Å². The van der Waals surface area contributed by atoms with Crippen LogP contribution in [0.2, 0.25) is 0 Å². The summed E-state index contributed by atoms with van der Waals surface area (Å²) in [5.74, 6) is 1.05. The number of nitrogens with one attached hydrogen (secondary N) is 2. The Hall–Kier alpha value is -3.29. The highest BCUT2D eigenvalue weighted by atomic mass is 16.5. The molecule has 0 atom stereocenters. The van der Waals surface area contributed by atoms with E-state index in [1.807, 2.05) is 20.9 Å². The van der Waals surface area contributed by atoms with E-state index in [4.69, 9.17) is 9.47 Å². The molecule has 0 saturated carbocycles. The number of aromatic amines is 1. The SMILES string of the molecule is Cc1nn(C)c(C)c1-c1cc(C(=O)Nc2ccc3c(c2)OCCCO3)[nH]n1. The number of aromatic nitrogens is 4. The number of nitrogens with zero attached hydrogens (tertiary/aromatic N) is 3. The van der Waals surface area contributed by atoms with Crippen LogP contribution < -0.4 is 14.8 Å². The Balaban J connectivity index is 1.54. The third-order valence-electron chi connectivity index (χ3n) is 4.59. The van der Waals surface area contributed by atoms with Gasteiger partial charge in [-0.1, -0.05) is 0 Å². The van der Waals surface area contributed by atoms with E-state index >= 15 is 0 Å². The molecule has 1 aliphatic heterocycles. The van der Waals surface area contributed by atoms with Crippen molar-refractivity contribution in [3.8, 4) is 22.8 Å². The second-order valence-electron chi connectivity index (χ2n) is 6.50. The predicted molar refractivity (Wildman–Crippen MR) is 100 cm³/mol. The average molecular weight is 367 g/mol. The Labute approximate surface area is 156 Å². The van der Waals surface area contributed by atoms with Gasteiger partial charge in [-0.2, -0.15) is 10.2 Å². The molecule has 2 aromatic heterocycles. The topological polar surface area (TPSA) is 94.1 Å². The second kappa shape index (κ2) is 6.79. The van der Waals surface area contributed by atoms with Crippen molar-refractivity contribution in [2.75, 3.05) is 18.5 Å². The summed E-state index contributed by atoms with van der Waals surface area (Å²) in [6, 6.07) is 7.09. The standard InChI is InChI=1S/C19H21N5O3/c1-11-18(12(2)24(3)23-11)14-10-15(22-21-14)19(25)20-13-5-6-16-17(9-13)27-8-4-7-26-16/h5-6,9-10H,4,7-8H2,1-3H3,(H,20,25)(H,21,22). The van der Waals surface area contributed by atoms with Gasteiger partial charge in [0.25, 0.3) is 5.91 Å². The van der Waals surface area contributed by atoms with Gasteiger partial charge < -0.3 is 14.8 Å². The van der Waals surface area contributed by atoms with Gasteiger partial charge in [-0.15, -0.1) is 0 Å². The monoisotopic (exact) mass is 367 g/mol. The zero-order valence-electron chi connectivity index (χ0n) is 15.5. The molecule has 140 valence electrons. The first kappa shape index (κ1) is 17.1. The Morgan fingerprint density at radius 1 is 1.19 bits per heavy atom. The van der Waals surface area contributed by atoms with E-state index in [1.165, 1.54) is 0 Å². The van der Waals surface area contributed by atoms with E-state index in [0.717, 1.165) is 23.4 Å². The molecule has 1 aromatic carbocycles. The summed E-state index contributed by atoms with van der Waals surface area (Å²) in [4.78, 5) is 12.6. The average Bonchev–Trinajstić information content (AvgIpc) is 3.12. The Kier molecular flexibility index (Phi) is 4.31.